The summed E-state index contributed by atoms with van der Waals surface area (Å²) in [7, 11) is 1.45. The zero-order valence-corrected chi connectivity index (χ0v) is 10.8. The maximum atomic E-state index is 11.0. The molecular weight excluding hydrogens is 270 g/mol. The second-order valence-electron chi connectivity index (χ2n) is 3.67. The number of H-pyrrole nitrogens is 1. The van der Waals surface area contributed by atoms with Crippen LogP contribution in [0, 0.1) is 10.1 Å². The number of aromatic nitrogens is 1. The smallest absolute Gasteiger partial charge is 0.304 e. The first kappa shape index (κ1) is 13.1. The van der Waals surface area contributed by atoms with Crippen molar-refractivity contribution in [2.24, 2.45) is 0 Å². The molecule has 0 saturated heterocycles. The number of methoxy groups -OCH3 is 1. The van der Waals surface area contributed by atoms with Gasteiger partial charge in [-0.3, -0.25) is 14.9 Å². The Morgan fingerprint density at radius 3 is 2.89 bits per heavy atom. The summed E-state index contributed by atoms with van der Waals surface area (Å²) in [6.45, 7) is 0.311. The van der Waals surface area contributed by atoms with Crippen molar-refractivity contribution in [1.29, 1.82) is 0 Å². The van der Waals surface area contributed by atoms with Crippen LogP contribution in [0.2, 0.25) is 0 Å². The van der Waals surface area contributed by atoms with Crippen molar-refractivity contribution in [3.05, 3.63) is 49.1 Å². The molecule has 19 heavy (non-hydrogen) atoms. The molecule has 0 unspecified atom stereocenters. The number of nitrogens with zero attached hydrogens (tertiary/aromatic N) is 1. The van der Waals surface area contributed by atoms with Crippen LogP contribution in [0.5, 0.6) is 5.75 Å². The van der Waals surface area contributed by atoms with Crippen LogP contribution in [0.15, 0.2) is 28.4 Å². The molecule has 7 nitrogen and oxygen atoms in total. The lowest BCUT2D eigenvalue weighted by molar-refractivity contribution is -0.384. The zero-order valence-electron chi connectivity index (χ0n) is 10.0. The number of hydrogen-bond acceptors (Lipinski definition) is 6. The number of nitro benzene ring substituents is 1. The summed E-state index contributed by atoms with van der Waals surface area (Å²) in [5.74, 6) is 0.418. The second-order valence-corrected chi connectivity index (χ2v) is 4.51. The van der Waals surface area contributed by atoms with Gasteiger partial charge < -0.3 is 15.0 Å². The summed E-state index contributed by atoms with van der Waals surface area (Å²) in [4.78, 5) is 23.9. The standard InChI is InChI=1S/C11H11N3O4S/c1-18-8-2-3-9(10(4-8)14(16)17)12-5-7-6-19-11(15)13-7/h2-4,6,12H,5H2,1H3,(H,13,15). The molecule has 2 rings (SSSR count). The number of nitrogens with one attached hydrogen (secondary N) is 2. The number of anilines is 1. The largest absolute Gasteiger partial charge is 0.496 e. The molecule has 0 aliphatic heterocycles. The zero-order chi connectivity index (χ0) is 13.8. The molecule has 0 amide bonds. The quantitative estimate of drug-likeness (QED) is 0.645. The monoisotopic (exact) mass is 281 g/mol. The van der Waals surface area contributed by atoms with Gasteiger partial charge in [-0.05, 0) is 12.1 Å². The third kappa shape index (κ3) is 3.10. The van der Waals surface area contributed by atoms with Crippen molar-refractivity contribution >= 4 is 22.7 Å². The van der Waals surface area contributed by atoms with E-state index in [1.54, 1.807) is 17.5 Å². The molecule has 2 aromatic rings. The van der Waals surface area contributed by atoms with Gasteiger partial charge in [0.2, 0.25) is 0 Å². The van der Waals surface area contributed by atoms with Gasteiger partial charge in [0.15, 0.2) is 0 Å². The Labute approximate surface area is 112 Å². The van der Waals surface area contributed by atoms with E-state index in [1.165, 1.54) is 13.2 Å². The van der Waals surface area contributed by atoms with Gasteiger partial charge in [-0.2, -0.15) is 0 Å². The van der Waals surface area contributed by atoms with E-state index in [9.17, 15) is 14.9 Å². The predicted octanol–water partition coefficient (Wildman–Crippen LogP) is 1.97. The highest BCUT2D eigenvalue weighted by Crippen LogP contribution is 2.29. The number of benzene rings is 1. The maximum Gasteiger partial charge on any atom is 0.304 e. The van der Waals surface area contributed by atoms with E-state index in [-0.39, 0.29) is 10.6 Å². The van der Waals surface area contributed by atoms with Crippen molar-refractivity contribution in [1.82, 2.24) is 4.98 Å². The van der Waals surface area contributed by atoms with Gasteiger partial charge in [-0.1, -0.05) is 11.3 Å². The van der Waals surface area contributed by atoms with Crippen LogP contribution in [0.3, 0.4) is 0 Å². The van der Waals surface area contributed by atoms with Crippen molar-refractivity contribution in [2.45, 2.75) is 6.54 Å². The molecule has 0 aliphatic carbocycles. The molecule has 1 aromatic carbocycles. The SMILES string of the molecule is COc1ccc(NCc2csc(=O)[nH]2)c([N+](=O)[O-])c1. The van der Waals surface area contributed by atoms with E-state index in [0.29, 0.717) is 23.7 Å². The Morgan fingerprint density at radius 2 is 2.32 bits per heavy atom. The lowest BCUT2D eigenvalue weighted by Gasteiger charge is -2.07. The highest BCUT2D eigenvalue weighted by atomic mass is 32.1. The number of hydrogen-bond donors (Lipinski definition) is 2. The molecule has 100 valence electrons. The van der Waals surface area contributed by atoms with E-state index < -0.39 is 4.92 Å². The Balaban J connectivity index is 2.19. The van der Waals surface area contributed by atoms with Crippen molar-refractivity contribution in [3.63, 3.8) is 0 Å². The minimum absolute atomic E-state index is 0.0723. The Hall–Kier alpha value is -2.35. The predicted molar refractivity (Wildman–Crippen MR) is 71.9 cm³/mol. The molecule has 8 heteroatoms. The fourth-order valence-electron chi connectivity index (χ4n) is 1.53. The highest BCUT2D eigenvalue weighted by molar-refractivity contribution is 7.07. The van der Waals surface area contributed by atoms with Crippen LogP contribution in [0.25, 0.3) is 0 Å². The molecule has 1 aromatic heterocycles. The number of rotatable bonds is 5. The van der Waals surface area contributed by atoms with E-state index in [1.807, 2.05) is 0 Å². The van der Waals surface area contributed by atoms with Crippen LogP contribution < -0.4 is 14.9 Å². The minimum atomic E-state index is -0.485. The summed E-state index contributed by atoms with van der Waals surface area (Å²) in [5, 5.41) is 15.5. The molecule has 2 N–H and O–H groups in total. The van der Waals surface area contributed by atoms with Crippen LogP contribution in [0.1, 0.15) is 5.69 Å². The lowest BCUT2D eigenvalue weighted by Crippen LogP contribution is -2.05. The average molecular weight is 281 g/mol. The van der Waals surface area contributed by atoms with Crippen LogP contribution >= 0.6 is 11.3 Å². The van der Waals surface area contributed by atoms with Gasteiger partial charge in [-0.25, -0.2) is 0 Å². The van der Waals surface area contributed by atoms with E-state index in [0.717, 1.165) is 11.3 Å². The van der Waals surface area contributed by atoms with Crippen molar-refractivity contribution in [3.8, 4) is 5.75 Å². The molecule has 0 fully saturated rings. The Bertz CT molecular complexity index is 649. The van der Waals surface area contributed by atoms with E-state index >= 15 is 0 Å². The van der Waals surface area contributed by atoms with Crippen molar-refractivity contribution < 1.29 is 9.66 Å². The van der Waals surface area contributed by atoms with Gasteiger partial charge in [0.1, 0.15) is 11.4 Å². The summed E-state index contributed by atoms with van der Waals surface area (Å²) in [6.07, 6.45) is 0. The number of ether oxygens (including phenoxy) is 1. The summed E-state index contributed by atoms with van der Waals surface area (Å²) in [6, 6.07) is 4.55. The fraction of sp³-hybridized carbons (Fsp3) is 0.182. The summed E-state index contributed by atoms with van der Waals surface area (Å²) >= 11 is 1.05. The molecule has 1 heterocycles. The molecule has 0 bridgehead atoms. The fourth-order valence-corrected chi connectivity index (χ4v) is 2.11. The first-order chi connectivity index (χ1) is 9.10. The number of thiazole rings is 1. The molecule has 0 spiro atoms. The molecule has 0 radical (unpaired) electrons. The number of aromatic amines is 1. The van der Waals surface area contributed by atoms with Crippen LogP contribution in [0.4, 0.5) is 11.4 Å². The van der Waals surface area contributed by atoms with E-state index in [2.05, 4.69) is 10.3 Å². The molecule has 0 aliphatic rings. The first-order valence-electron chi connectivity index (χ1n) is 5.33. The van der Waals surface area contributed by atoms with Gasteiger partial charge in [0, 0.05) is 11.1 Å². The highest BCUT2D eigenvalue weighted by Gasteiger charge is 2.14. The van der Waals surface area contributed by atoms with E-state index in [4.69, 9.17) is 4.74 Å². The molecular formula is C11H11N3O4S. The average Bonchev–Trinajstić information content (AvgIpc) is 2.82. The van der Waals surface area contributed by atoms with Gasteiger partial charge in [-0.15, -0.1) is 0 Å². The first-order valence-corrected chi connectivity index (χ1v) is 6.21. The van der Waals surface area contributed by atoms with Gasteiger partial charge >= 0.3 is 4.87 Å². The van der Waals surface area contributed by atoms with Crippen LogP contribution in [-0.4, -0.2) is 17.0 Å². The topological polar surface area (TPSA) is 97.3 Å². The Kier molecular flexibility index (Phi) is 3.81. The van der Waals surface area contributed by atoms with Crippen LogP contribution in [-0.2, 0) is 6.54 Å². The maximum absolute atomic E-state index is 11.0. The van der Waals surface area contributed by atoms with Gasteiger partial charge in [0.25, 0.3) is 5.69 Å². The normalized spacial score (nSPS) is 10.2. The molecule has 0 saturated carbocycles. The molecule has 0 atom stereocenters. The summed E-state index contributed by atoms with van der Waals surface area (Å²) < 4.78 is 4.95. The number of nitro groups is 1. The Morgan fingerprint density at radius 1 is 1.53 bits per heavy atom. The van der Waals surface area contributed by atoms with Gasteiger partial charge in [0.05, 0.1) is 24.6 Å². The third-order valence-corrected chi connectivity index (χ3v) is 3.16. The third-order valence-electron chi connectivity index (χ3n) is 2.44. The second kappa shape index (κ2) is 5.53. The van der Waals surface area contributed by atoms with Crippen molar-refractivity contribution in [2.75, 3.05) is 12.4 Å². The lowest BCUT2D eigenvalue weighted by atomic mass is 10.2. The summed E-state index contributed by atoms with van der Waals surface area (Å²) in [5.41, 5.74) is 0.981. The minimum Gasteiger partial charge on any atom is -0.496 e.